The van der Waals surface area contributed by atoms with Crippen LogP contribution in [0.25, 0.3) is 5.65 Å². The highest BCUT2D eigenvalue weighted by atomic mass is 79.9. The molecular weight excluding hydrogens is 225 g/mol. The fourth-order valence-corrected chi connectivity index (χ4v) is 1.35. The van der Waals surface area contributed by atoms with Crippen molar-refractivity contribution in [3.63, 3.8) is 0 Å². The van der Waals surface area contributed by atoms with E-state index in [0.717, 1.165) is 0 Å². The summed E-state index contributed by atoms with van der Waals surface area (Å²) in [5.74, 6) is -0.332. The molecule has 0 fully saturated rings. The molecule has 12 heavy (non-hydrogen) atoms. The molecular formula is C7H5BrFN3. The Morgan fingerprint density at radius 2 is 2.33 bits per heavy atom. The summed E-state index contributed by atoms with van der Waals surface area (Å²) in [6, 6.07) is 0. The topological polar surface area (TPSA) is 30.2 Å². The summed E-state index contributed by atoms with van der Waals surface area (Å²) < 4.78 is 15.4. The largest absolute Gasteiger partial charge is 0.217 e. The second kappa shape index (κ2) is 2.52. The second-order valence-corrected chi connectivity index (χ2v) is 3.30. The maximum atomic E-state index is 13.3. The molecule has 3 nitrogen and oxygen atoms in total. The van der Waals surface area contributed by atoms with E-state index in [1.54, 1.807) is 13.1 Å². The summed E-state index contributed by atoms with van der Waals surface area (Å²) in [7, 11) is 0. The van der Waals surface area contributed by atoms with Crippen LogP contribution in [0, 0.1) is 12.7 Å². The Morgan fingerprint density at radius 1 is 1.58 bits per heavy atom. The van der Waals surface area contributed by atoms with Crippen molar-refractivity contribution in [3.8, 4) is 0 Å². The molecule has 62 valence electrons. The SMILES string of the molecule is Cc1c(Br)cn2ncnc2c1F. The van der Waals surface area contributed by atoms with E-state index in [-0.39, 0.29) is 11.5 Å². The Bertz CT molecular complexity index is 437. The summed E-state index contributed by atoms with van der Waals surface area (Å²) in [6.07, 6.45) is 3.00. The smallest absolute Gasteiger partial charge is 0.191 e. The van der Waals surface area contributed by atoms with Crippen molar-refractivity contribution in [1.82, 2.24) is 14.6 Å². The molecule has 0 aliphatic rings. The van der Waals surface area contributed by atoms with E-state index in [1.807, 2.05) is 0 Å². The van der Waals surface area contributed by atoms with Crippen molar-refractivity contribution in [2.24, 2.45) is 0 Å². The molecule has 2 heterocycles. The van der Waals surface area contributed by atoms with Crippen LogP contribution in [0.1, 0.15) is 5.56 Å². The van der Waals surface area contributed by atoms with E-state index in [1.165, 1.54) is 10.8 Å². The number of hydrogen-bond acceptors (Lipinski definition) is 2. The van der Waals surface area contributed by atoms with Gasteiger partial charge in [-0.15, -0.1) is 0 Å². The van der Waals surface area contributed by atoms with Gasteiger partial charge < -0.3 is 0 Å². The third-order valence-electron chi connectivity index (χ3n) is 1.69. The number of hydrogen-bond donors (Lipinski definition) is 0. The van der Waals surface area contributed by atoms with Crippen molar-refractivity contribution >= 4 is 21.6 Å². The molecule has 0 unspecified atom stereocenters. The highest BCUT2D eigenvalue weighted by Gasteiger charge is 2.09. The van der Waals surface area contributed by atoms with Crippen LogP contribution >= 0.6 is 15.9 Å². The first-order valence-corrected chi connectivity index (χ1v) is 4.13. The van der Waals surface area contributed by atoms with Gasteiger partial charge in [-0.25, -0.2) is 13.9 Å². The van der Waals surface area contributed by atoms with Crippen LogP contribution in [0.15, 0.2) is 17.0 Å². The number of aromatic nitrogens is 3. The molecule has 0 N–H and O–H groups in total. The molecule has 0 spiro atoms. The van der Waals surface area contributed by atoms with Crippen molar-refractivity contribution in [3.05, 3.63) is 28.4 Å². The minimum Gasteiger partial charge on any atom is -0.217 e. The summed E-state index contributed by atoms with van der Waals surface area (Å²) in [5, 5.41) is 3.82. The van der Waals surface area contributed by atoms with Gasteiger partial charge in [0.05, 0.1) is 0 Å². The van der Waals surface area contributed by atoms with Gasteiger partial charge in [-0.05, 0) is 22.9 Å². The van der Waals surface area contributed by atoms with E-state index in [2.05, 4.69) is 26.0 Å². The fraction of sp³-hybridized carbons (Fsp3) is 0.143. The van der Waals surface area contributed by atoms with Crippen molar-refractivity contribution in [2.45, 2.75) is 6.92 Å². The highest BCUT2D eigenvalue weighted by molar-refractivity contribution is 9.10. The van der Waals surface area contributed by atoms with Crippen molar-refractivity contribution in [1.29, 1.82) is 0 Å². The maximum absolute atomic E-state index is 13.3. The predicted octanol–water partition coefficient (Wildman–Crippen LogP) is 1.94. The third-order valence-corrected chi connectivity index (χ3v) is 2.49. The second-order valence-electron chi connectivity index (χ2n) is 2.44. The van der Waals surface area contributed by atoms with Gasteiger partial charge in [-0.3, -0.25) is 0 Å². The minimum absolute atomic E-state index is 0.260. The Balaban J connectivity index is 2.94. The normalized spacial score (nSPS) is 10.9. The van der Waals surface area contributed by atoms with Crippen LogP contribution in [0.3, 0.4) is 0 Å². The highest BCUT2D eigenvalue weighted by Crippen LogP contribution is 2.20. The van der Waals surface area contributed by atoms with Gasteiger partial charge in [-0.2, -0.15) is 5.10 Å². The molecule has 0 aliphatic heterocycles. The quantitative estimate of drug-likeness (QED) is 0.692. The van der Waals surface area contributed by atoms with Crippen molar-refractivity contribution < 1.29 is 4.39 Å². The van der Waals surface area contributed by atoms with Gasteiger partial charge >= 0.3 is 0 Å². The average molecular weight is 230 g/mol. The summed E-state index contributed by atoms with van der Waals surface area (Å²) >= 11 is 3.22. The molecule has 2 aromatic rings. The van der Waals surface area contributed by atoms with Crippen LogP contribution in [-0.2, 0) is 0 Å². The monoisotopic (exact) mass is 229 g/mol. The van der Waals surface area contributed by atoms with Gasteiger partial charge in [0.15, 0.2) is 11.5 Å². The molecule has 5 heteroatoms. The Kier molecular flexibility index (Phi) is 1.61. The zero-order chi connectivity index (χ0) is 8.72. The van der Waals surface area contributed by atoms with Crippen LogP contribution in [0.4, 0.5) is 4.39 Å². The molecule has 2 aromatic heterocycles. The van der Waals surface area contributed by atoms with Gasteiger partial charge in [0, 0.05) is 16.2 Å². The number of pyridine rings is 1. The van der Waals surface area contributed by atoms with E-state index in [9.17, 15) is 4.39 Å². The minimum atomic E-state index is -0.332. The third kappa shape index (κ3) is 0.929. The summed E-state index contributed by atoms with van der Waals surface area (Å²) in [5.41, 5.74) is 0.811. The van der Waals surface area contributed by atoms with Gasteiger partial charge in [-0.1, -0.05) is 0 Å². The standard InChI is InChI=1S/C7H5BrFN3/c1-4-5(8)2-12-7(6(4)9)10-3-11-12/h2-3H,1H3. The number of fused-ring (bicyclic) bond motifs is 1. The lowest BCUT2D eigenvalue weighted by Crippen LogP contribution is -1.94. The first-order chi connectivity index (χ1) is 5.70. The van der Waals surface area contributed by atoms with Crippen LogP contribution in [0.2, 0.25) is 0 Å². The number of nitrogens with zero attached hydrogens (tertiary/aromatic N) is 3. The molecule has 0 saturated heterocycles. The van der Waals surface area contributed by atoms with Crippen LogP contribution < -0.4 is 0 Å². The van der Waals surface area contributed by atoms with E-state index in [4.69, 9.17) is 0 Å². The van der Waals surface area contributed by atoms with Gasteiger partial charge in [0.25, 0.3) is 0 Å². The molecule has 0 amide bonds. The Hall–Kier alpha value is -0.970. The van der Waals surface area contributed by atoms with Crippen LogP contribution in [-0.4, -0.2) is 14.6 Å². The molecule has 2 rings (SSSR count). The van der Waals surface area contributed by atoms with E-state index < -0.39 is 0 Å². The Morgan fingerprint density at radius 3 is 3.08 bits per heavy atom. The predicted molar refractivity (Wildman–Crippen MR) is 45.4 cm³/mol. The summed E-state index contributed by atoms with van der Waals surface area (Å²) in [6.45, 7) is 1.69. The lowest BCUT2D eigenvalue weighted by molar-refractivity contribution is 0.616. The summed E-state index contributed by atoms with van der Waals surface area (Å²) in [4.78, 5) is 3.78. The van der Waals surface area contributed by atoms with Gasteiger partial charge in [0.2, 0.25) is 0 Å². The lowest BCUT2D eigenvalue weighted by Gasteiger charge is -2.00. The molecule has 0 radical (unpaired) electrons. The van der Waals surface area contributed by atoms with E-state index in [0.29, 0.717) is 10.0 Å². The maximum Gasteiger partial charge on any atom is 0.191 e. The zero-order valence-electron chi connectivity index (χ0n) is 6.25. The van der Waals surface area contributed by atoms with Crippen molar-refractivity contribution in [2.75, 3.05) is 0 Å². The Labute approximate surface area is 76.4 Å². The fourth-order valence-electron chi connectivity index (χ4n) is 0.978. The van der Waals surface area contributed by atoms with Crippen LogP contribution in [0.5, 0.6) is 0 Å². The zero-order valence-corrected chi connectivity index (χ0v) is 7.84. The molecule has 0 bridgehead atoms. The first kappa shape index (κ1) is 7.67. The lowest BCUT2D eigenvalue weighted by atomic mass is 10.3. The molecule has 0 aromatic carbocycles. The number of rotatable bonds is 0. The average Bonchev–Trinajstić information content (AvgIpc) is 2.48. The molecule has 0 aliphatic carbocycles. The molecule has 0 saturated carbocycles. The first-order valence-electron chi connectivity index (χ1n) is 3.34. The molecule has 0 atom stereocenters. The van der Waals surface area contributed by atoms with Gasteiger partial charge in [0.1, 0.15) is 6.33 Å². The number of halogens is 2. The van der Waals surface area contributed by atoms with E-state index >= 15 is 0 Å².